The van der Waals surface area contributed by atoms with Crippen molar-refractivity contribution in [2.45, 2.75) is 19.8 Å². The third kappa shape index (κ3) is 3.45. The monoisotopic (exact) mass is 299 g/mol. The summed E-state index contributed by atoms with van der Waals surface area (Å²) < 4.78 is 28.1. The van der Waals surface area contributed by atoms with E-state index < -0.39 is 22.1 Å². The molecular weight excluding hydrogens is 282 g/mol. The second-order valence-electron chi connectivity index (χ2n) is 4.89. The van der Waals surface area contributed by atoms with Gasteiger partial charge in [0.1, 0.15) is 0 Å². The summed E-state index contributed by atoms with van der Waals surface area (Å²) in [5, 5.41) is 9.00. The molecule has 1 aliphatic heterocycles. The van der Waals surface area contributed by atoms with E-state index in [2.05, 4.69) is 9.71 Å². The van der Waals surface area contributed by atoms with Crippen LogP contribution in [0.4, 0.5) is 5.69 Å². The fourth-order valence-electron chi connectivity index (χ4n) is 2.19. The van der Waals surface area contributed by atoms with Crippen LogP contribution in [-0.4, -0.2) is 41.9 Å². The quantitative estimate of drug-likeness (QED) is 0.858. The maximum absolute atomic E-state index is 12.2. The van der Waals surface area contributed by atoms with Gasteiger partial charge in [-0.25, -0.2) is 0 Å². The minimum Gasteiger partial charge on any atom is -0.481 e. The van der Waals surface area contributed by atoms with E-state index in [0.29, 0.717) is 25.1 Å². The molecule has 8 heteroatoms. The summed E-state index contributed by atoms with van der Waals surface area (Å²) >= 11 is 0. The standard InChI is InChI=1S/C12H17N3O4S/c1-9-5-11(7-13-6-9)14-20(18,19)15-4-2-3-10(8-15)12(16)17/h5-7,10,14H,2-4,8H2,1H3,(H,16,17). The van der Waals surface area contributed by atoms with Gasteiger partial charge in [-0.05, 0) is 31.4 Å². The molecule has 0 radical (unpaired) electrons. The topological polar surface area (TPSA) is 99.6 Å². The fourth-order valence-corrected chi connectivity index (χ4v) is 3.47. The summed E-state index contributed by atoms with van der Waals surface area (Å²) in [5.41, 5.74) is 1.22. The zero-order valence-corrected chi connectivity index (χ0v) is 11.9. The minimum absolute atomic E-state index is 0.00388. The van der Waals surface area contributed by atoms with Crippen LogP contribution in [-0.2, 0) is 15.0 Å². The van der Waals surface area contributed by atoms with Crippen molar-refractivity contribution in [2.75, 3.05) is 17.8 Å². The molecule has 0 aliphatic carbocycles. The van der Waals surface area contributed by atoms with Gasteiger partial charge < -0.3 is 5.11 Å². The highest BCUT2D eigenvalue weighted by Gasteiger charge is 2.32. The molecule has 1 atom stereocenters. The van der Waals surface area contributed by atoms with E-state index in [4.69, 9.17) is 5.11 Å². The molecule has 110 valence electrons. The number of aromatic nitrogens is 1. The molecule has 0 bridgehead atoms. The number of hydrogen-bond acceptors (Lipinski definition) is 4. The van der Waals surface area contributed by atoms with Gasteiger partial charge >= 0.3 is 16.2 Å². The van der Waals surface area contributed by atoms with Gasteiger partial charge in [0.25, 0.3) is 0 Å². The van der Waals surface area contributed by atoms with Crippen LogP contribution in [0.2, 0.25) is 0 Å². The molecule has 0 spiro atoms. The summed E-state index contributed by atoms with van der Waals surface area (Å²) in [6.45, 7) is 2.15. The lowest BCUT2D eigenvalue weighted by atomic mass is 10.0. The molecule has 1 unspecified atom stereocenters. The number of aliphatic carboxylic acids is 1. The number of pyridine rings is 1. The van der Waals surface area contributed by atoms with Gasteiger partial charge in [-0.2, -0.15) is 12.7 Å². The van der Waals surface area contributed by atoms with Gasteiger partial charge in [-0.3, -0.25) is 14.5 Å². The zero-order valence-electron chi connectivity index (χ0n) is 11.1. The average molecular weight is 299 g/mol. The van der Waals surface area contributed by atoms with Crippen LogP contribution in [0.1, 0.15) is 18.4 Å². The number of anilines is 1. The zero-order chi connectivity index (χ0) is 14.8. The van der Waals surface area contributed by atoms with Crippen LogP contribution in [0.25, 0.3) is 0 Å². The highest BCUT2D eigenvalue weighted by atomic mass is 32.2. The Balaban J connectivity index is 2.12. The Morgan fingerprint density at radius 1 is 1.50 bits per heavy atom. The third-order valence-corrected chi connectivity index (χ3v) is 4.70. The Kier molecular flexibility index (Phi) is 4.24. The van der Waals surface area contributed by atoms with Crippen molar-refractivity contribution in [3.63, 3.8) is 0 Å². The fraction of sp³-hybridized carbons (Fsp3) is 0.500. The Morgan fingerprint density at radius 3 is 2.90 bits per heavy atom. The first kappa shape index (κ1) is 14.7. The summed E-state index contributed by atoms with van der Waals surface area (Å²) in [6, 6.07) is 1.67. The van der Waals surface area contributed by atoms with Gasteiger partial charge in [-0.15, -0.1) is 0 Å². The van der Waals surface area contributed by atoms with Crippen molar-refractivity contribution in [2.24, 2.45) is 5.92 Å². The van der Waals surface area contributed by atoms with Crippen molar-refractivity contribution in [1.82, 2.24) is 9.29 Å². The number of rotatable bonds is 4. The molecule has 0 saturated carbocycles. The van der Waals surface area contributed by atoms with Gasteiger partial charge in [0.05, 0.1) is 17.8 Å². The molecule has 1 fully saturated rings. The lowest BCUT2D eigenvalue weighted by molar-refractivity contribution is -0.142. The lowest BCUT2D eigenvalue weighted by Gasteiger charge is -2.29. The van der Waals surface area contributed by atoms with Gasteiger partial charge in [0, 0.05) is 19.3 Å². The molecule has 20 heavy (non-hydrogen) atoms. The van der Waals surface area contributed by atoms with Crippen molar-refractivity contribution in [3.8, 4) is 0 Å². The van der Waals surface area contributed by atoms with Gasteiger partial charge in [-0.1, -0.05) is 0 Å². The van der Waals surface area contributed by atoms with Crippen LogP contribution >= 0.6 is 0 Å². The summed E-state index contributed by atoms with van der Waals surface area (Å²) in [4.78, 5) is 14.9. The number of aryl methyl sites for hydroxylation is 1. The summed E-state index contributed by atoms with van der Waals surface area (Å²) in [5.74, 6) is -1.60. The van der Waals surface area contributed by atoms with Crippen LogP contribution in [0.5, 0.6) is 0 Å². The molecule has 2 rings (SSSR count). The number of carboxylic acids is 1. The normalized spacial score (nSPS) is 20.6. The van der Waals surface area contributed by atoms with Gasteiger partial charge in [0.15, 0.2) is 0 Å². The number of piperidine rings is 1. The molecular formula is C12H17N3O4S. The Hall–Kier alpha value is -1.67. The van der Waals surface area contributed by atoms with Crippen LogP contribution < -0.4 is 4.72 Å². The third-order valence-electron chi connectivity index (χ3n) is 3.20. The first-order valence-electron chi connectivity index (χ1n) is 6.31. The summed E-state index contributed by atoms with van der Waals surface area (Å²) in [6.07, 6.45) is 4.10. The minimum atomic E-state index is -3.74. The number of hydrogen-bond donors (Lipinski definition) is 2. The average Bonchev–Trinajstić information content (AvgIpc) is 2.38. The van der Waals surface area contributed by atoms with Crippen molar-refractivity contribution >= 4 is 21.9 Å². The van der Waals surface area contributed by atoms with E-state index in [-0.39, 0.29) is 6.54 Å². The Labute approximate surface area is 117 Å². The number of nitrogens with zero attached hydrogens (tertiary/aromatic N) is 2. The molecule has 0 amide bonds. The SMILES string of the molecule is Cc1cncc(NS(=O)(=O)N2CCCC(C(=O)O)C2)c1. The highest BCUT2D eigenvalue weighted by molar-refractivity contribution is 7.90. The van der Waals surface area contributed by atoms with E-state index in [0.717, 1.165) is 5.56 Å². The van der Waals surface area contributed by atoms with E-state index in [9.17, 15) is 13.2 Å². The lowest BCUT2D eigenvalue weighted by Crippen LogP contribution is -2.44. The number of nitrogens with one attached hydrogen (secondary N) is 1. The van der Waals surface area contributed by atoms with E-state index in [1.54, 1.807) is 12.3 Å². The highest BCUT2D eigenvalue weighted by Crippen LogP contribution is 2.21. The molecule has 2 N–H and O–H groups in total. The predicted molar refractivity (Wildman–Crippen MR) is 73.4 cm³/mol. The first-order chi connectivity index (χ1) is 9.38. The molecule has 7 nitrogen and oxygen atoms in total. The predicted octanol–water partition coefficient (Wildman–Crippen LogP) is 0.843. The molecule has 1 aromatic heterocycles. The van der Waals surface area contributed by atoms with Crippen molar-refractivity contribution in [1.29, 1.82) is 0 Å². The number of carbonyl (C=O) groups is 1. The maximum Gasteiger partial charge on any atom is 0.307 e. The Bertz CT molecular complexity index is 602. The van der Waals surface area contributed by atoms with Crippen LogP contribution in [0, 0.1) is 12.8 Å². The van der Waals surface area contributed by atoms with E-state index in [1.807, 2.05) is 6.92 Å². The van der Waals surface area contributed by atoms with E-state index in [1.165, 1.54) is 10.5 Å². The molecule has 2 heterocycles. The van der Waals surface area contributed by atoms with Crippen molar-refractivity contribution in [3.05, 3.63) is 24.0 Å². The second-order valence-corrected chi connectivity index (χ2v) is 6.56. The Morgan fingerprint density at radius 2 is 2.25 bits per heavy atom. The second kappa shape index (κ2) is 5.76. The molecule has 1 aromatic rings. The van der Waals surface area contributed by atoms with Crippen LogP contribution in [0.3, 0.4) is 0 Å². The largest absolute Gasteiger partial charge is 0.481 e. The smallest absolute Gasteiger partial charge is 0.307 e. The van der Waals surface area contributed by atoms with E-state index >= 15 is 0 Å². The number of carboxylic acid groups (broad SMARTS) is 1. The van der Waals surface area contributed by atoms with Gasteiger partial charge in [0.2, 0.25) is 0 Å². The van der Waals surface area contributed by atoms with Crippen molar-refractivity contribution < 1.29 is 18.3 Å². The molecule has 1 aliphatic rings. The molecule has 1 saturated heterocycles. The maximum atomic E-state index is 12.2. The van der Waals surface area contributed by atoms with Crippen LogP contribution in [0.15, 0.2) is 18.5 Å². The summed E-state index contributed by atoms with van der Waals surface area (Å²) in [7, 11) is -3.74. The first-order valence-corrected chi connectivity index (χ1v) is 7.75. The molecule has 0 aromatic carbocycles.